The molecule has 0 bridgehead atoms. The number of carbonyl (C=O) groups is 1. The van der Waals surface area contributed by atoms with E-state index in [0.29, 0.717) is 12.5 Å². The molecule has 1 aromatic heterocycles. The molecule has 1 unspecified atom stereocenters. The van der Waals surface area contributed by atoms with Gasteiger partial charge in [0.25, 0.3) is 0 Å². The molecule has 1 amide bonds. The zero-order chi connectivity index (χ0) is 16.4. The molecule has 1 aromatic rings. The van der Waals surface area contributed by atoms with Crippen molar-refractivity contribution in [2.45, 2.75) is 25.8 Å². The third-order valence-corrected chi connectivity index (χ3v) is 6.23. The number of hydrogen-bond acceptors (Lipinski definition) is 5. The quantitative estimate of drug-likeness (QED) is 0.786. The molecular formula is C18H25N3O2S. The molecule has 4 rings (SSSR count). The zero-order valence-electron chi connectivity index (χ0n) is 14.0. The average Bonchev–Trinajstić information content (AvgIpc) is 3.30. The molecule has 3 heterocycles. The van der Waals surface area contributed by atoms with Gasteiger partial charge in [0.15, 0.2) is 0 Å². The minimum Gasteiger partial charge on any atom is -0.379 e. The molecule has 1 spiro atoms. The molecule has 1 atom stereocenters. The van der Waals surface area contributed by atoms with Gasteiger partial charge in [-0.3, -0.25) is 9.69 Å². The minimum absolute atomic E-state index is 0.0927. The maximum atomic E-state index is 12.8. The largest absolute Gasteiger partial charge is 0.379 e. The van der Waals surface area contributed by atoms with E-state index in [1.807, 2.05) is 11.6 Å². The normalized spacial score (nSPS) is 28.8. The first kappa shape index (κ1) is 16.2. The fourth-order valence-electron chi connectivity index (χ4n) is 4.19. The van der Waals surface area contributed by atoms with Crippen LogP contribution in [0.25, 0.3) is 0 Å². The van der Waals surface area contributed by atoms with Crippen molar-refractivity contribution < 1.29 is 9.53 Å². The van der Waals surface area contributed by atoms with Gasteiger partial charge in [-0.25, -0.2) is 4.98 Å². The number of rotatable bonds is 3. The lowest BCUT2D eigenvalue weighted by atomic mass is 9.87. The van der Waals surface area contributed by atoms with Gasteiger partial charge in [-0.05, 0) is 25.8 Å². The third kappa shape index (κ3) is 3.41. The third-order valence-electron chi connectivity index (χ3n) is 5.47. The van der Waals surface area contributed by atoms with E-state index in [-0.39, 0.29) is 11.3 Å². The second-order valence-corrected chi connectivity index (χ2v) is 8.32. The molecule has 2 fully saturated rings. The summed E-state index contributed by atoms with van der Waals surface area (Å²) < 4.78 is 5.91. The average molecular weight is 347 g/mol. The molecule has 130 valence electrons. The molecule has 0 N–H and O–H groups in total. The number of ether oxygens (including phenoxy) is 1. The van der Waals surface area contributed by atoms with Gasteiger partial charge >= 0.3 is 0 Å². The van der Waals surface area contributed by atoms with E-state index in [4.69, 9.17) is 4.74 Å². The Balaban J connectivity index is 1.41. The van der Waals surface area contributed by atoms with Crippen molar-refractivity contribution in [1.29, 1.82) is 0 Å². The summed E-state index contributed by atoms with van der Waals surface area (Å²) in [5, 5.41) is 3.21. The second-order valence-electron chi connectivity index (χ2n) is 7.34. The molecule has 0 radical (unpaired) electrons. The van der Waals surface area contributed by atoms with Crippen molar-refractivity contribution in [3.63, 3.8) is 0 Å². The van der Waals surface area contributed by atoms with Crippen LogP contribution in [0, 0.1) is 11.3 Å². The molecule has 0 saturated carbocycles. The lowest BCUT2D eigenvalue weighted by molar-refractivity contribution is -0.136. The van der Waals surface area contributed by atoms with Crippen LogP contribution in [0.15, 0.2) is 23.7 Å². The molecular weight excluding hydrogens is 322 g/mol. The fraction of sp³-hybridized carbons (Fsp3) is 0.667. The van der Waals surface area contributed by atoms with E-state index in [0.717, 1.165) is 58.6 Å². The van der Waals surface area contributed by atoms with Gasteiger partial charge in [0, 0.05) is 42.5 Å². The van der Waals surface area contributed by atoms with Crippen molar-refractivity contribution in [3.8, 4) is 0 Å². The first-order chi connectivity index (χ1) is 11.7. The van der Waals surface area contributed by atoms with Gasteiger partial charge in [0.05, 0.1) is 19.8 Å². The van der Waals surface area contributed by atoms with Crippen LogP contribution in [0.5, 0.6) is 0 Å². The van der Waals surface area contributed by atoms with Gasteiger partial charge < -0.3 is 9.64 Å². The van der Waals surface area contributed by atoms with Gasteiger partial charge in [0.2, 0.25) is 5.91 Å². The maximum Gasteiger partial charge on any atom is 0.226 e. The zero-order valence-corrected chi connectivity index (χ0v) is 14.8. The van der Waals surface area contributed by atoms with Crippen LogP contribution in [-0.4, -0.2) is 60.1 Å². The predicted octanol–water partition coefficient (Wildman–Crippen LogP) is 2.16. The highest BCUT2D eigenvalue weighted by Crippen LogP contribution is 2.35. The summed E-state index contributed by atoms with van der Waals surface area (Å²) in [7, 11) is 0. The highest BCUT2D eigenvalue weighted by Gasteiger charge is 2.42. The van der Waals surface area contributed by atoms with Crippen LogP contribution in [-0.2, 0) is 16.1 Å². The van der Waals surface area contributed by atoms with Crippen molar-refractivity contribution >= 4 is 17.2 Å². The molecule has 2 saturated heterocycles. The molecule has 2 aliphatic heterocycles. The predicted molar refractivity (Wildman–Crippen MR) is 93.7 cm³/mol. The number of likely N-dealkylation sites (tertiary alicyclic amines) is 1. The van der Waals surface area contributed by atoms with Crippen molar-refractivity contribution in [2.75, 3.05) is 39.4 Å². The molecule has 0 aromatic carbocycles. The number of allylic oxidation sites excluding steroid dienone is 2. The van der Waals surface area contributed by atoms with Gasteiger partial charge in [0.1, 0.15) is 5.01 Å². The summed E-state index contributed by atoms with van der Waals surface area (Å²) in [5.74, 6) is 0.483. The number of carbonyl (C=O) groups excluding carboxylic acids is 1. The van der Waals surface area contributed by atoms with Crippen LogP contribution < -0.4 is 0 Å². The summed E-state index contributed by atoms with van der Waals surface area (Å²) >= 11 is 1.72. The smallest absolute Gasteiger partial charge is 0.226 e. The van der Waals surface area contributed by atoms with E-state index in [9.17, 15) is 4.79 Å². The van der Waals surface area contributed by atoms with Crippen molar-refractivity contribution in [3.05, 3.63) is 28.7 Å². The first-order valence-electron chi connectivity index (χ1n) is 8.86. The Morgan fingerprint density at radius 3 is 3.00 bits per heavy atom. The Hall–Kier alpha value is -1.24. The first-order valence-corrected chi connectivity index (χ1v) is 9.74. The maximum absolute atomic E-state index is 12.8. The van der Waals surface area contributed by atoms with Crippen LogP contribution in [0.1, 0.15) is 24.3 Å². The number of hydrogen-bond donors (Lipinski definition) is 0. The SMILES string of the molecule is O=C(C1CC=CC1)N1CCOCC2(CCN(Cc3nccs3)C2)C1. The molecule has 24 heavy (non-hydrogen) atoms. The van der Waals surface area contributed by atoms with Crippen LogP contribution >= 0.6 is 11.3 Å². The topological polar surface area (TPSA) is 45.7 Å². The standard InChI is InChI=1S/C18H25N3O2S/c22-17(15-3-1-2-4-15)21-8-9-23-14-18(13-21)5-7-20(12-18)11-16-19-6-10-24-16/h1-2,6,10,15H,3-5,7-9,11-14H2. The van der Waals surface area contributed by atoms with Gasteiger partial charge in [-0.2, -0.15) is 0 Å². The van der Waals surface area contributed by atoms with Crippen LogP contribution in [0.4, 0.5) is 0 Å². The van der Waals surface area contributed by atoms with Crippen LogP contribution in [0.2, 0.25) is 0 Å². The number of aromatic nitrogens is 1. The summed E-state index contributed by atoms with van der Waals surface area (Å²) in [6.07, 6.45) is 9.05. The van der Waals surface area contributed by atoms with E-state index in [1.165, 1.54) is 5.01 Å². The van der Waals surface area contributed by atoms with Crippen molar-refractivity contribution in [2.24, 2.45) is 11.3 Å². The minimum atomic E-state index is 0.0927. The highest BCUT2D eigenvalue weighted by atomic mass is 32.1. The lowest BCUT2D eigenvalue weighted by Gasteiger charge is -2.33. The van der Waals surface area contributed by atoms with Crippen molar-refractivity contribution in [1.82, 2.24) is 14.8 Å². The van der Waals surface area contributed by atoms with Gasteiger partial charge in [-0.15, -0.1) is 11.3 Å². The Labute approximate surface area is 147 Å². The monoisotopic (exact) mass is 347 g/mol. The Bertz CT molecular complexity index is 595. The Kier molecular flexibility index (Phi) is 4.70. The van der Waals surface area contributed by atoms with E-state index in [1.54, 1.807) is 11.3 Å². The molecule has 3 aliphatic rings. The van der Waals surface area contributed by atoms with E-state index in [2.05, 4.69) is 26.9 Å². The van der Waals surface area contributed by atoms with E-state index >= 15 is 0 Å². The fourth-order valence-corrected chi connectivity index (χ4v) is 4.85. The highest BCUT2D eigenvalue weighted by molar-refractivity contribution is 7.09. The summed E-state index contributed by atoms with van der Waals surface area (Å²) in [5.41, 5.74) is 0.0927. The number of thiazole rings is 1. The van der Waals surface area contributed by atoms with Gasteiger partial charge in [-0.1, -0.05) is 12.2 Å². The second kappa shape index (κ2) is 6.94. The Morgan fingerprint density at radius 2 is 2.21 bits per heavy atom. The summed E-state index contributed by atoms with van der Waals surface area (Å²) in [6.45, 7) is 6.00. The van der Waals surface area contributed by atoms with E-state index < -0.39 is 0 Å². The Morgan fingerprint density at radius 1 is 1.33 bits per heavy atom. The summed E-state index contributed by atoms with van der Waals surface area (Å²) in [6, 6.07) is 0. The molecule has 5 nitrogen and oxygen atoms in total. The number of amides is 1. The van der Waals surface area contributed by atoms with Crippen LogP contribution in [0.3, 0.4) is 0 Å². The summed E-state index contributed by atoms with van der Waals surface area (Å²) in [4.78, 5) is 21.8. The number of nitrogens with zero attached hydrogens (tertiary/aromatic N) is 3. The molecule has 6 heteroatoms. The molecule has 1 aliphatic carbocycles. The lowest BCUT2D eigenvalue weighted by Crippen LogP contribution is -2.45.